The molecule has 2 nitrogen and oxygen atoms in total. The standard InChI is InChI=1S/C6H8NOP/c1-5-2-3-7-4-6(5)8-9/h2-4H,9H2,1H3. The van der Waals surface area contributed by atoms with E-state index in [1.165, 1.54) is 0 Å². The number of hydrogen-bond donors (Lipinski definition) is 0. The molecule has 1 unspecified atom stereocenters. The average molecular weight is 141 g/mol. The predicted octanol–water partition coefficient (Wildman–Crippen LogP) is 1.56. The molecule has 0 aromatic carbocycles. The molecule has 1 atom stereocenters. The van der Waals surface area contributed by atoms with E-state index in [4.69, 9.17) is 4.52 Å². The first-order valence-electron chi connectivity index (χ1n) is 2.62. The second-order valence-corrected chi connectivity index (χ2v) is 1.99. The number of hydrogen-bond acceptors (Lipinski definition) is 2. The van der Waals surface area contributed by atoms with E-state index in [0.29, 0.717) is 0 Å². The van der Waals surface area contributed by atoms with Crippen LogP contribution in [0, 0.1) is 6.92 Å². The van der Waals surface area contributed by atoms with E-state index in [1.807, 2.05) is 13.0 Å². The second kappa shape index (κ2) is 2.79. The van der Waals surface area contributed by atoms with Gasteiger partial charge >= 0.3 is 0 Å². The summed E-state index contributed by atoms with van der Waals surface area (Å²) in [5, 5.41) is 0. The van der Waals surface area contributed by atoms with Gasteiger partial charge in [0.15, 0.2) is 0 Å². The molecule has 48 valence electrons. The van der Waals surface area contributed by atoms with Gasteiger partial charge in [0.1, 0.15) is 5.75 Å². The van der Waals surface area contributed by atoms with Crippen molar-refractivity contribution in [3.05, 3.63) is 24.0 Å². The summed E-state index contributed by atoms with van der Waals surface area (Å²) in [5.74, 6) is 0.808. The fourth-order valence-electron chi connectivity index (χ4n) is 0.573. The zero-order valence-electron chi connectivity index (χ0n) is 5.16. The van der Waals surface area contributed by atoms with E-state index in [-0.39, 0.29) is 0 Å². The Labute approximate surface area is 56.5 Å². The largest absolute Gasteiger partial charge is 0.478 e. The summed E-state index contributed by atoms with van der Waals surface area (Å²) in [7, 11) is 2.19. The zero-order chi connectivity index (χ0) is 6.69. The normalized spacial score (nSPS) is 9.11. The van der Waals surface area contributed by atoms with Crippen LogP contribution < -0.4 is 4.52 Å². The number of aromatic nitrogens is 1. The van der Waals surface area contributed by atoms with E-state index in [1.54, 1.807) is 12.4 Å². The van der Waals surface area contributed by atoms with E-state index in [2.05, 4.69) is 14.5 Å². The highest BCUT2D eigenvalue weighted by molar-refractivity contribution is 7.10. The molecule has 9 heavy (non-hydrogen) atoms. The molecule has 0 aliphatic rings. The molecule has 1 rings (SSSR count). The van der Waals surface area contributed by atoms with Gasteiger partial charge in [-0.15, -0.1) is 0 Å². The molecule has 0 aliphatic heterocycles. The monoisotopic (exact) mass is 141 g/mol. The summed E-state index contributed by atoms with van der Waals surface area (Å²) >= 11 is 0. The lowest BCUT2D eigenvalue weighted by atomic mass is 10.3. The Balaban J connectivity index is 3.01. The van der Waals surface area contributed by atoms with Gasteiger partial charge in [0, 0.05) is 6.20 Å². The van der Waals surface area contributed by atoms with E-state index < -0.39 is 0 Å². The molecule has 0 spiro atoms. The lowest BCUT2D eigenvalue weighted by Crippen LogP contribution is -1.80. The maximum absolute atomic E-state index is 4.90. The van der Waals surface area contributed by atoms with Crippen LogP contribution >= 0.6 is 9.47 Å². The Kier molecular flexibility index (Phi) is 2.01. The summed E-state index contributed by atoms with van der Waals surface area (Å²) in [5.41, 5.74) is 1.10. The van der Waals surface area contributed by atoms with Gasteiger partial charge in [-0.2, -0.15) is 0 Å². The van der Waals surface area contributed by atoms with Crippen LogP contribution in [-0.4, -0.2) is 4.98 Å². The van der Waals surface area contributed by atoms with Crippen LogP contribution in [0.25, 0.3) is 0 Å². The highest BCUT2D eigenvalue weighted by atomic mass is 31.0. The highest BCUT2D eigenvalue weighted by Gasteiger charge is 1.92. The van der Waals surface area contributed by atoms with Crippen molar-refractivity contribution in [1.82, 2.24) is 4.98 Å². The summed E-state index contributed by atoms with van der Waals surface area (Å²) in [6.45, 7) is 1.97. The topological polar surface area (TPSA) is 22.1 Å². The molecule has 0 amide bonds. The lowest BCUT2D eigenvalue weighted by Gasteiger charge is -1.99. The van der Waals surface area contributed by atoms with Gasteiger partial charge in [-0.05, 0) is 18.6 Å². The highest BCUT2D eigenvalue weighted by Crippen LogP contribution is 2.15. The molecule has 0 saturated carbocycles. The third-order valence-corrected chi connectivity index (χ3v) is 1.37. The van der Waals surface area contributed by atoms with Crippen molar-refractivity contribution >= 4 is 9.47 Å². The molecular weight excluding hydrogens is 133 g/mol. The number of rotatable bonds is 1. The maximum Gasteiger partial charge on any atom is 0.143 e. The van der Waals surface area contributed by atoms with Crippen LogP contribution in [0.15, 0.2) is 18.5 Å². The summed E-state index contributed by atoms with van der Waals surface area (Å²) in [6.07, 6.45) is 3.42. The molecule has 0 N–H and O–H groups in total. The fraction of sp³-hybridized carbons (Fsp3) is 0.167. The zero-order valence-corrected chi connectivity index (χ0v) is 6.32. The average Bonchev–Trinajstić information content (AvgIpc) is 1.89. The lowest BCUT2D eigenvalue weighted by molar-refractivity contribution is 0.635. The van der Waals surface area contributed by atoms with Crippen LogP contribution in [0.5, 0.6) is 5.75 Å². The van der Waals surface area contributed by atoms with Gasteiger partial charge in [0.2, 0.25) is 0 Å². The van der Waals surface area contributed by atoms with E-state index in [9.17, 15) is 0 Å². The number of pyridine rings is 1. The molecule has 0 aliphatic carbocycles. The van der Waals surface area contributed by atoms with Gasteiger partial charge in [-0.25, -0.2) is 0 Å². The van der Waals surface area contributed by atoms with Crippen LogP contribution in [0.3, 0.4) is 0 Å². The van der Waals surface area contributed by atoms with Crippen molar-refractivity contribution < 1.29 is 4.52 Å². The number of nitrogens with zero attached hydrogens (tertiary/aromatic N) is 1. The van der Waals surface area contributed by atoms with Crippen LogP contribution in [0.1, 0.15) is 5.56 Å². The summed E-state index contributed by atoms with van der Waals surface area (Å²) in [4.78, 5) is 3.88. The third-order valence-electron chi connectivity index (χ3n) is 1.12. The first-order valence-corrected chi connectivity index (χ1v) is 3.09. The van der Waals surface area contributed by atoms with Crippen molar-refractivity contribution in [2.75, 3.05) is 0 Å². The number of aryl methyl sites for hydroxylation is 1. The first-order chi connectivity index (χ1) is 4.34. The van der Waals surface area contributed by atoms with Gasteiger partial charge in [-0.3, -0.25) is 4.98 Å². The minimum absolute atomic E-state index is 0.808. The minimum Gasteiger partial charge on any atom is -0.478 e. The quantitative estimate of drug-likeness (QED) is 0.553. The molecule has 0 fully saturated rings. The van der Waals surface area contributed by atoms with Crippen molar-refractivity contribution in [2.45, 2.75) is 6.92 Å². The van der Waals surface area contributed by atoms with Crippen LogP contribution in [0.4, 0.5) is 0 Å². The van der Waals surface area contributed by atoms with Crippen molar-refractivity contribution in [3.8, 4) is 5.75 Å². The SMILES string of the molecule is Cc1ccncc1OP. The van der Waals surface area contributed by atoms with Gasteiger partial charge in [-0.1, -0.05) is 0 Å². The molecule has 0 bridgehead atoms. The predicted molar refractivity (Wildman–Crippen MR) is 39.3 cm³/mol. The van der Waals surface area contributed by atoms with Crippen molar-refractivity contribution in [2.24, 2.45) is 0 Å². The van der Waals surface area contributed by atoms with E-state index in [0.717, 1.165) is 11.3 Å². The smallest absolute Gasteiger partial charge is 0.143 e. The Hall–Kier alpha value is -0.620. The van der Waals surface area contributed by atoms with Gasteiger partial charge < -0.3 is 4.52 Å². The molecule has 1 heterocycles. The third kappa shape index (κ3) is 1.39. The molecule has 3 heteroatoms. The van der Waals surface area contributed by atoms with Crippen LogP contribution in [0.2, 0.25) is 0 Å². The Morgan fingerprint density at radius 1 is 1.67 bits per heavy atom. The van der Waals surface area contributed by atoms with Crippen LogP contribution in [-0.2, 0) is 0 Å². The molecule has 1 aromatic heterocycles. The minimum atomic E-state index is 0.808. The fourth-order valence-corrected chi connectivity index (χ4v) is 0.820. The van der Waals surface area contributed by atoms with Crippen molar-refractivity contribution in [3.63, 3.8) is 0 Å². The molecule has 0 radical (unpaired) electrons. The second-order valence-electron chi connectivity index (χ2n) is 1.76. The first kappa shape index (κ1) is 6.50. The Morgan fingerprint density at radius 2 is 2.44 bits per heavy atom. The maximum atomic E-state index is 4.90. The Bertz CT molecular complexity index is 202. The molecule has 1 aromatic rings. The van der Waals surface area contributed by atoms with E-state index >= 15 is 0 Å². The van der Waals surface area contributed by atoms with Gasteiger partial charge in [0.05, 0.1) is 15.7 Å². The molecular formula is C6H8NOP. The summed E-state index contributed by atoms with van der Waals surface area (Å²) in [6, 6.07) is 1.90. The molecule has 0 saturated heterocycles. The Morgan fingerprint density at radius 3 is 2.89 bits per heavy atom. The summed E-state index contributed by atoms with van der Waals surface area (Å²) < 4.78 is 4.90. The van der Waals surface area contributed by atoms with Gasteiger partial charge in [0.25, 0.3) is 0 Å². The van der Waals surface area contributed by atoms with Crippen molar-refractivity contribution in [1.29, 1.82) is 0 Å².